The molecule has 0 unspecified atom stereocenters. The van der Waals surface area contributed by atoms with E-state index in [2.05, 4.69) is 5.32 Å². The largest absolute Gasteiger partial charge is 0.334 e. The molecule has 0 radical (unpaired) electrons. The van der Waals surface area contributed by atoms with Gasteiger partial charge in [0, 0.05) is 25.7 Å². The van der Waals surface area contributed by atoms with Crippen LogP contribution in [0.5, 0.6) is 0 Å². The Morgan fingerprint density at radius 2 is 2.39 bits per heavy atom. The van der Waals surface area contributed by atoms with E-state index in [0.29, 0.717) is 25.2 Å². The van der Waals surface area contributed by atoms with Gasteiger partial charge in [0.2, 0.25) is 0 Å². The van der Waals surface area contributed by atoms with Crippen LogP contribution in [-0.4, -0.2) is 30.1 Å². The molecule has 0 saturated carbocycles. The molecule has 1 aliphatic heterocycles. The SMILES string of the molecule is Cc1cc(CNC(=O)N2CC[C@@H](N)C2)ccc1F. The number of carbonyl (C=O) groups excluding carboxylic acids is 1. The van der Waals surface area contributed by atoms with Gasteiger partial charge in [-0.15, -0.1) is 0 Å². The van der Waals surface area contributed by atoms with Crippen LogP contribution in [0.1, 0.15) is 17.5 Å². The van der Waals surface area contributed by atoms with Crippen LogP contribution in [0, 0.1) is 12.7 Å². The first-order valence-corrected chi connectivity index (χ1v) is 6.09. The summed E-state index contributed by atoms with van der Waals surface area (Å²) in [5.41, 5.74) is 7.23. The summed E-state index contributed by atoms with van der Waals surface area (Å²) in [4.78, 5) is 13.5. The smallest absolute Gasteiger partial charge is 0.317 e. The van der Waals surface area contributed by atoms with Crippen molar-refractivity contribution in [2.75, 3.05) is 13.1 Å². The first kappa shape index (κ1) is 12.8. The summed E-state index contributed by atoms with van der Waals surface area (Å²) in [5, 5.41) is 2.82. The van der Waals surface area contributed by atoms with Crippen molar-refractivity contribution in [1.82, 2.24) is 10.2 Å². The molecular formula is C13H18FN3O. The molecule has 0 aliphatic carbocycles. The van der Waals surface area contributed by atoms with Gasteiger partial charge in [-0.3, -0.25) is 0 Å². The van der Waals surface area contributed by atoms with Crippen LogP contribution >= 0.6 is 0 Å². The van der Waals surface area contributed by atoms with E-state index in [1.54, 1.807) is 24.0 Å². The number of carbonyl (C=O) groups is 1. The predicted molar refractivity (Wildman–Crippen MR) is 67.5 cm³/mol. The van der Waals surface area contributed by atoms with Crippen molar-refractivity contribution >= 4 is 6.03 Å². The molecule has 4 nitrogen and oxygen atoms in total. The highest BCUT2D eigenvalue weighted by Crippen LogP contribution is 2.10. The minimum Gasteiger partial charge on any atom is -0.334 e. The minimum absolute atomic E-state index is 0.0869. The highest BCUT2D eigenvalue weighted by molar-refractivity contribution is 5.74. The van der Waals surface area contributed by atoms with Crippen LogP contribution in [0.15, 0.2) is 18.2 Å². The van der Waals surface area contributed by atoms with Crippen molar-refractivity contribution in [3.63, 3.8) is 0 Å². The third kappa shape index (κ3) is 2.98. The molecule has 0 aromatic heterocycles. The molecule has 1 fully saturated rings. The Bertz CT molecular complexity index is 450. The first-order chi connectivity index (χ1) is 8.56. The molecule has 1 aromatic carbocycles. The van der Waals surface area contributed by atoms with Gasteiger partial charge >= 0.3 is 6.03 Å². The number of hydrogen-bond acceptors (Lipinski definition) is 2. The maximum atomic E-state index is 13.1. The fraction of sp³-hybridized carbons (Fsp3) is 0.462. The van der Waals surface area contributed by atoms with Crippen molar-refractivity contribution in [3.8, 4) is 0 Å². The Labute approximate surface area is 106 Å². The van der Waals surface area contributed by atoms with E-state index in [4.69, 9.17) is 5.73 Å². The summed E-state index contributed by atoms with van der Waals surface area (Å²) in [5.74, 6) is -0.226. The monoisotopic (exact) mass is 251 g/mol. The second kappa shape index (κ2) is 5.35. The van der Waals surface area contributed by atoms with E-state index in [1.165, 1.54) is 6.07 Å². The van der Waals surface area contributed by atoms with Crippen molar-refractivity contribution in [2.45, 2.75) is 25.9 Å². The van der Waals surface area contributed by atoms with Gasteiger partial charge in [-0.1, -0.05) is 12.1 Å². The zero-order chi connectivity index (χ0) is 13.1. The van der Waals surface area contributed by atoms with E-state index < -0.39 is 0 Å². The maximum absolute atomic E-state index is 13.1. The summed E-state index contributed by atoms with van der Waals surface area (Å²) in [6.45, 7) is 3.43. The Kier molecular flexibility index (Phi) is 3.81. The molecule has 1 aromatic rings. The molecule has 2 rings (SSSR count). The quantitative estimate of drug-likeness (QED) is 0.834. The van der Waals surface area contributed by atoms with Crippen molar-refractivity contribution in [2.24, 2.45) is 5.73 Å². The third-order valence-corrected chi connectivity index (χ3v) is 3.18. The Hall–Kier alpha value is -1.62. The first-order valence-electron chi connectivity index (χ1n) is 6.09. The van der Waals surface area contributed by atoms with E-state index in [-0.39, 0.29) is 17.9 Å². The molecule has 1 atom stereocenters. The highest BCUT2D eigenvalue weighted by Gasteiger charge is 2.23. The zero-order valence-corrected chi connectivity index (χ0v) is 10.4. The van der Waals surface area contributed by atoms with Gasteiger partial charge in [-0.2, -0.15) is 0 Å². The molecule has 18 heavy (non-hydrogen) atoms. The standard InChI is InChI=1S/C13H18FN3O/c1-9-6-10(2-3-12(9)14)7-16-13(18)17-5-4-11(15)8-17/h2-3,6,11H,4-5,7-8,15H2,1H3,(H,16,18)/t11-/m1/s1. The second-order valence-electron chi connectivity index (χ2n) is 4.74. The van der Waals surface area contributed by atoms with Gasteiger partial charge < -0.3 is 16.0 Å². The molecule has 98 valence electrons. The normalized spacial score (nSPS) is 19.1. The lowest BCUT2D eigenvalue weighted by Gasteiger charge is -2.16. The van der Waals surface area contributed by atoms with Crippen LogP contribution in [0.25, 0.3) is 0 Å². The average Bonchev–Trinajstić information content (AvgIpc) is 2.77. The van der Waals surface area contributed by atoms with E-state index in [1.807, 2.05) is 0 Å². The molecule has 1 saturated heterocycles. The van der Waals surface area contributed by atoms with Gasteiger partial charge in [-0.25, -0.2) is 9.18 Å². The van der Waals surface area contributed by atoms with Crippen LogP contribution in [0.2, 0.25) is 0 Å². The van der Waals surface area contributed by atoms with Gasteiger partial charge in [0.25, 0.3) is 0 Å². The molecule has 1 heterocycles. The van der Waals surface area contributed by atoms with Crippen LogP contribution in [0.4, 0.5) is 9.18 Å². The number of amides is 2. The number of nitrogens with one attached hydrogen (secondary N) is 1. The van der Waals surface area contributed by atoms with E-state index in [9.17, 15) is 9.18 Å². The molecule has 2 amide bonds. The number of halogens is 1. The number of rotatable bonds is 2. The average molecular weight is 251 g/mol. The number of urea groups is 1. The van der Waals surface area contributed by atoms with Crippen molar-refractivity contribution < 1.29 is 9.18 Å². The Balaban J connectivity index is 1.87. The van der Waals surface area contributed by atoms with E-state index in [0.717, 1.165) is 12.0 Å². The van der Waals surface area contributed by atoms with Crippen molar-refractivity contribution in [3.05, 3.63) is 35.1 Å². The summed E-state index contributed by atoms with van der Waals surface area (Å²) in [6.07, 6.45) is 0.850. The van der Waals surface area contributed by atoms with Crippen molar-refractivity contribution in [1.29, 1.82) is 0 Å². The molecule has 1 aliphatic rings. The van der Waals surface area contributed by atoms with Gasteiger partial charge in [-0.05, 0) is 30.5 Å². The summed E-state index contributed by atoms with van der Waals surface area (Å²) in [7, 11) is 0. The number of hydrogen-bond donors (Lipinski definition) is 2. The van der Waals surface area contributed by atoms with Gasteiger partial charge in [0.05, 0.1) is 0 Å². The maximum Gasteiger partial charge on any atom is 0.317 e. The number of benzene rings is 1. The fourth-order valence-corrected chi connectivity index (χ4v) is 2.08. The molecular weight excluding hydrogens is 233 g/mol. The summed E-state index contributed by atoms with van der Waals surface area (Å²) < 4.78 is 13.1. The second-order valence-corrected chi connectivity index (χ2v) is 4.74. The molecule has 5 heteroatoms. The van der Waals surface area contributed by atoms with Crippen LogP contribution < -0.4 is 11.1 Å². The Morgan fingerprint density at radius 3 is 3.00 bits per heavy atom. The van der Waals surface area contributed by atoms with E-state index >= 15 is 0 Å². The summed E-state index contributed by atoms with van der Waals surface area (Å²) in [6, 6.07) is 4.82. The predicted octanol–water partition coefficient (Wildman–Crippen LogP) is 1.38. The number of aryl methyl sites for hydroxylation is 1. The van der Waals surface area contributed by atoms with Crippen LogP contribution in [-0.2, 0) is 6.54 Å². The highest BCUT2D eigenvalue weighted by atomic mass is 19.1. The molecule has 0 spiro atoms. The number of nitrogens with two attached hydrogens (primary N) is 1. The fourth-order valence-electron chi connectivity index (χ4n) is 2.08. The molecule has 0 bridgehead atoms. The van der Waals surface area contributed by atoms with Gasteiger partial charge in [0.15, 0.2) is 0 Å². The zero-order valence-electron chi connectivity index (χ0n) is 10.4. The minimum atomic E-state index is -0.226. The van der Waals surface area contributed by atoms with Gasteiger partial charge in [0.1, 0.15) is 5.82 Å². The topological polar surface area (TPSA) is 58.4 Å². The lowest BCUT2D eigenvalue weighted by Crippen LogP contribution is -2.39. The molecule has 3 N–H and O–H groups in total. The lowest BCUT2D eigenvalue weighted by atomic mass is 10.1. The third-order valence-electron chi connectivity index (χ3n) is 3.18. The number of nitrogens with zero attached hydrogens (tertiary/aromatic N) is 1. The van der Waals surface area contributed by atoms with Crippen LogP contribution in [0.3, 0.4) is 0 Å². The summed E-state index contributed by atoms with van der Waals surface area (Å²) >= 11 is 0. The lowest BCUT2D eigenvalue weighted by molar-refractivity contribution is 0.208. The number of likely N-dealkylation sites (tertiary alicyclic amines) is 1. The Morgan fingerprint density at radius 1 is 1.61 bits per heavy atom.